The summed E-state index contributed by atoms with van der Waals surface area (Å²) in [6.07, 6.45) is 3.37. The Balaban J connectivity index is 2.51. The summed E-state index contributed by atoms with van der Waals surface area (Å²) in [6.45, 7) is -0.0746. The van der Waals surface area contributed by atoms with Crippen LogP contribution < -0.4 is 10.9 Å². The van der Waals surface area contributed by atoms with Crippen molar-refractivity contribution in [2.24, 2.45) is 0 Å². The Hall–Kier alpha value is -1.26. The van der Waals surface area contributed by atoms with E-state index in [1.54, 1.807) is 24.4 Å². The maximum atomic E-state index is 8.67. The predicted octanol–water partition coefficient (Wildman–Crippen LogP) is 0.628. The van der Waals surface area contributed by atoms with Gasteiger partial charge in [-0.1, -0.05) is 0 Å². The standard InChI is InChI=1S/C8H11N2O2/c1-9-10-5-4-7-2-3-8(6-11)12-7/h2-5,9-11H,1,6H2. The van der Waals surface area contributed by atoms with Crippen LogP contribution in [0.4, 0.5) is 0 Å². The molecule has 0 aliphatic heterocycles. The van der Waals surface area contributed by atoms with Gasteiger partial charge in [0.25, 0.3) is 0 Å². The number of furan rings is 1. The zero-order valence-corrected chi connectivity index (χ0v) is 6.58. The zero-order valence-electron chi connectivity index (χ0n) is 6.58. The highest BCUT2D eigenvalue weighted by Gasteiger charge is 1.95. The topological polar surface area (TPSA) is 57.4 Å². The number of aliphatic hydroxyl groups excluding tert-OH is 1. The zero-order chi connectivity index (χ0) is 8.81. The molecule has 0 unspecified atom stereocenters. The van der Waals surface area contributed by atoms with Crippen molar-refractivity contribution in [1.29, 1.82) is 0 Å². The third-order valence-corrected chi connectivity index (χ3v) is 1.27. The number of rotatable bonds is 4. The number of aliphatic hydroxyl groups is 1. The van der Waals surface area contributed by atoms with Gasteiger partial charge in [0.1, 0.15) is 18.1 Å². The summed E-state index contributed by atoms with van der Waals surface area (Å²) in [4.78, 5) is 0. The van der Waals surface area contributed by atoms with Gasteiger partial charge in [-0.3, -0.25) is 0 Å². The molecule has 1 rings (SSSR count). The Bertz CT molecular complexity index is 255. The average Bonchev–Trinajstić information content (AvgIpc) is 2.53. The Kier molecular flexibility index (Phi) is 3.37. The van der Waals surface area contributed by atoms with Crippen molar-refractivity contribution in [3.63, 3.8) is 0 Å². The molecule has 0 spiro atoms. The Morgan fingerprint density at radius 2 is 2.42 bits per heavy atom. The van der Waals surface area contributed by atoms with Crippen LogP contribution in [0.25, 0.3) is 6.08 Å². The van der Waals surface area contributed by atoms with E-state index in [-0.39, 0.29) is 6.61 Å². The van der Waals surface area contributed by atoms with Crippen LogP contribution in [0.1, 0.15) is 11.5 Å². The maximum Gasteiger partial charge on any atom is 0.130 e. The van der Waals surface area contributed by atoms with E-state index < -0.39 is 0 Å². The molecule has 12 heavy (non-hydrogen) atoms. The highest BCUT2D eigenvalue weighted by Crippen LogP contribution is 2.08. The van der Waals surface area contributed by atoms with Gasteiger partial charge >= 0.3 is 0 Å². The summed E-state index contributed by atoms with van der Waals surface area (Å²) in [5.74, 6) is 1.24. The van der Waals surface area contributed by atoms with Crippen molar-refractivity contribution in [2.45, 2.75) is 6.61 Å². The van der Waals surface area contributed by atoms with Crippen LogP contribution >= 0.6 is 0 Å². The summed E-state index contributed by atoms with van der Waals surface area (Å²) in [7, 11) is 3.36. The molecule has 1 radical (unpaired) electrons. The molecule has 4 heteroatoms. The molecule has 0 bridgehead atoms. The van der Waals surface area contributed by atoms with E-state index in [0.717, 1.165) is 0 Å². The summed E-state index contributed by atoms with van der Waals surface area (Å²) >= 11 is 0. The van der Waals surface area contributed by atoms with Gasteiger partial charge in [0.2, 0.25) is 0 Å². The summed E-state index contributed by atoms with van der Waals surface area (Å²) in [5.41, 5.74) is 5.14. The first-order valence-corrected chi connectivity index (χ1v) is 3.50. The first-order chi connectivity index (χ1) is 5.86. The molecule has 0 saturated carbocycles. The lowest BCUT2D eigenvalue weighted by molar-refractivity contribution is 0.246. The third-order valence-electron chi connectivity index (χ3n) is 1.27. The van der Waals surface area contributed by atoms with Crippen LogP contribution in [0.5, 0.6) is 0 Å². The predicted molar refractivity (Wildman–Crippen MR) is 45.3 cm³/mol. The average molecular weight is 167 g/mol. The lowest BCUT2D eigenvalue weighted by Crippen LogP contribution is -2.17. The van der Waals surface area contributed by atoms with E-state index in [2.05, 4.69) is 17.9 Å². The van der Waals surface area contributed by atoms with Crippen molar-refractivity contribution >= 4 is 6.08 Å². The van der Waals surface area contributed by atoms with E-state index >= 15 is 0 Å². The van der Waals surface area contributed by atoms with Gasteiger partial charge in [-0.05, 0) is 18.2 Å². The molecule has 0 aliphatic rings. The van der Waals surface area contributed by atoms with E-state index in [1.165, 1.54) is 0 Å². The number of nitrogens with one attached hydrogen (secondary N) is 2. The minimum atomic E-state index is -0.0746. The highest BCUT2D eigenvalue weighted by atomic mass is 16.4. The monoisotopic (exact) mass is 167 g/mol. The molecule has 65 valence electrons. The van der Waals surface area contributed by atoms with Gasteiger partial charge in [-0.15, -0.1) is 0 Å². The molecule has 1 aromatic rings. The van der Waals surface area contributed by atoms with Gasteiger partial charge in [-0.25, -0.2) is 5.43 Å². The van der Waals surface area contributed by atoms with Crippen molar-refractivity contribution < 1.29 is 9.52 Å². The molecule has 4 nitrogen and oxygen atoms in total. The fraction of sp³-hybridized carbons (Fsp3) is 0.125. The van der Waals surface area contributed by atoms with Crippen LogP contribution in [0.2, 0.25) is 0 Å². The van der Waals surface area contributed by atoms with Crippen LogP contribution in [-0.4, -0.2) is 5.11 Å². The van der Waals surface area contributed by atoms with Gasteiger partial charge in [0.15, 0.2) is 0 Å². The number of hydrogen-bond acceptors (Lipinski definition) is 4. The van der Waals surface area contributed by atoms with Crippen LogP contribution in [0.3, 0.4) is 0 Å². The van der Waals surface area contributed by atoms with E-state index in [0.29, 0.717) is 11.5 Å². The van der Waals surface area contributed by atoms with Crippen LogP contribution in [-0.2, 0) is 6.61 Å². The highest BCUT2D eigenvalue weighted by molar-refractivity contribution is 5.42. The van der Waals surface area contributed by atoms with Crippen molar-refractivity contribution in [3.05, 3.63) is 36.9 Å². The molecule has 0 fully saturated rings. The lowest BCUT2D eigenvalue weighted by atomic mass is 10.4. The van der Waals surface area contributed by atoms with E-state index in [9.17, 15) is 0 Å². The molecular formula is C8H11N2O2. The molecule has 0 atom stereocenters. The van der Waals surface area contributed by atoms with E-state index in [1.807, 2.05) is 0 Å². The molecule has 0 saturated heterocycles. The maximum absolute atomic E-state index is 8.67. The Labute approximate surface area is 70.9 Å². The van der Waals surface area contributed by atoms with Crippen LogP contribution in [0, 0.1) is 7.05 Å². The minimum absolute atomic E-state index is 0.0746. The van der Waals surface area contributed by atoms with Crippen molar-refractivity contribution in [2.75, 3.05) is 0 Å². The SMILES string of the molecule is [CH2]NNC=Cc1ccc(CO)o1. The molecule has 0 aromatic carbocycles. The molecule has 0 amide bonds. The van der Waals surface area contributed by atoms with Gasteiger partial charge in [0, 0.05) is 13.2 Å². The normalized spacial score (nSPS) is 10.8. The molecular weight excluding hydrogens is 156 g/mol. The fourth-order valence-corrected chi connectivity index (χ4v) is 0.752. The number of hydrogen-bond donors (Lipinski definition) is 3. The first kappa shape index (κ1) is 8.83. The second-order valence-corrected chi connectivity index (χ2v) is 2.12. The molecule has 1 aromatic heterocycles. The second kappa shape index (κ2) is 4.58. The van der Waals surface area contributed by atoms with Gasteiger partial charge in [-0.2, -0.15) is 0 Å². The minimum Gasteiger partial charge on any atom is -0.459 e. The van der Waals surface area contributed by atoms with E-state index in [4.69, 9.17) is 9.52 Å². The molecule has 1 heterocycles. The summed E-state index contributed by atoms with van der Waals surface area (Å²) in [6, 6.07) is 3.49. The summed E-state index contributed by atoms with van der Waals surface area (Å²) < 4.78 is 5.15. The molecule has 3 N–H and O–H groups in total. The second-order valence-electron chi connectivity index (χ2n) is 2.12. The largest absolute Gasteiger partial charge is 0.459 e. The smallest absolute Gasteiger partial charge is 0.130 e. The fourth-order valence-electron chi connectivity index (χ4n) is 0.752. The van der Waals surface area contributed by atoms with Crippen LogP contribution in [0.15, 0.2) is 22.7 Å². The Morgan fingerprint density at radius 1 is 1.58 bits per heavy atom. The summed E-state index contributed by atoms with van der Waals surface area (Å²) in [5, 5.41) is 8.67. The quantitative estimate of drug-likeness (QED) is 0.576. The first-order valence-electron chi connectivity index (χ1n) is 3.50. The van der Waals surface area contributed by atoms with Crippen molar-refractivity contribution in [1.82, 2.24) is 10.9 Å². The molecule has 0 aliphatic carbocycles. The number of hydrazine groups is 1. The van der Waals surface area contributed by atoms with Crippen molar-refractivity contribution in [3.8, 4) is 0 Å². The Morgan fingerprint density at radius 3 is 3.00 bits per heavy atom. The third kappa shape index (κ3) is 2.41. The lowest BCUT2D eigenvalue weighted by Gasteiger charge is -1.91. The van der Waals surface area contributed by atoms with Gasteiger partial charge in [0.05, 0.1) is 0 Å². The van der Waals surface area contributed by atoms with Gasteiger partial charge < -0.3 is 14.9 Å².